The Kier molecular flexibility index (Phi) is 4.39. The fourth-order valence-corrected chi connectivity index (χ4v) is 3.34. The number of carbonyl (C=O) groups is 2. The topological polar surface area (TPSA) is 78.1 Å². The van der Waals surface area contributed by atoms with Gasteiger partial charge in [-0.05, 0) is 43.2 Å². The van der Waals surface area contributed by atoms with Crippen LogP contribution in [0.4, 0.5) is 0 Å². The molecule has 0 spiro atoms. The van der Waals surface area contributed by atoms with Crippen molar-refractivity contribution in [1.29, 1.82) is 0 Å². The predicted octanol–water partition coefficient (Wildman–Crippen LogP) is 2.60. The summed E-state index contributed by atoms with van der Waals surface area (Å²) in [5.41, 5.74) is 3.02. The van der Waals surface area contributed by atoms with E-state index in [-0.39, 0.29) is 17.9 Å². The molecule has 1 saturated heterocycles. The molecular weight excluding hydrogens is 328 g/mol. The minimum Gasteiger partial charge on any atom is -0.349 e. The third-order valence-corrected chi connectivity index (χ3v) is 4.82. The Morgan fingerprint density at radius 3 is 2.58 bits per heavy atom. The number of aromatic amines is 1. The van der Waals surface area contributed by atoms with Gasteiger partial charge in [-0.3, -0.25) is 9.59 Å². The number of rotatable bonds is 3. The average Bonchev–Trinajstić information content (AvgIpc) is 3.16. The predicted molar refractivity (Wildman–Crippen MR) is 98.9 cm³/mol. The van der Waals surface area contributed by atoms with Gasteiger partial charge < -0.3 is 15.2 Å². The molecule has 132 valence electrons. The molecular formula is C20H20N4O2. The lowest BCUT2D eigenvalue weighted by atomic mass is 10.0. The van der Waals surface area contributed by atoms with Gasteiger partial charge in [-0.25, -0.2) is 4.98 Å². The standard InChI is InChI=1S/C20H20N4O2/c25-19(15-6-7-17-18(12-15)22-13-21-17)23-16-8-10-24(11-9-16)20(26)14-4-2-1-3-5-14/h1-7,12-13,16H,8-11H2,(H,21,22)(H,23,25). The molecule has 1 aromatic heterocycles. The van der Waals surface area contributed by atoms with Crippen LogP contribution in [0.5, 0.6) is 0 Å². The largest absolute Gasteiger partial charge is 0.349 e. The van der Waals surface area contributed by atoms with E-state index in [1.54, 1.807) is 12.4 Å². The minimum atomic E-state index is -0.0886. The molecule has 3 aromatic rings. The Morgan fingerprint density at radius 1 is 1.04 bits per heavy atom. The fourth-order valence-electron chi connectivity index (χ4n) is 3.34. The highest BCUT2D eigenvalue weighted by Gasteiger charge is 2.24. The van der Waals surface area contributed by atoms with E-state index >= 15 is 0 Å². The normalized spacial score (nSPS) is 15.2. The van der Waals surface area contributed by atoms with E-state index in [0.717, 1.165) is 23.9 Å². The number of fused-ring (bicyclic) bond motifs is 1. The molecule has 6 nitrogen and oxygen atoms in total. The molecule has 26 heavy (non-hydrogen) atoms. The first kappa shape index (κ1) is 16.3. The Hall–Kier alpha value is -3.15. The van der Waals surface area contributed by atoms with E-state index in [0.29, 0.717) is 24.2 Å². The van der Waals surface area contributed by atoms with Crippen molar-refractivity contribution in [3.63, 3.8) is 0 Å². The summed E-state index contributed by atoms with van der Waals surface area (Å²) >= 11 is 0. The molecule has 6 heteroatoms. The van der Waals surface area contributed by atoms with Crippen molar-refractivity contribution in [2.45, 2.75) is 18.9 Å². The maximum atomic E-state index is 12.5. The van der Waals surface area contributed by atoms with Crippen LogP contribution < -0.4 is 5.32 Å². The number of nitrogens with one attached hydrogen (secondary N) is 2. The van der Waals surface area contributed by atoms with Gasteiger partial charge in [-0.1, -0.05) is 18.2 Å². The SMILES string of the molecule is O=C(NC1CCN(C(=O)c2ccccc2)CC1)c1ccc2nc[nH]c2c1. The van der Waals surface area contributed by atoms with Crippen LogP contribution in [0.2, 0.25) is 0 Å². The average molecular weight is 348 g/mol. The summed E-state index contributed by atoms with van der Waals surface area (Å²) in [7, 11) is 0. The molecule has 0 atom stereocenters. The number of aromatic nitrogens is 2. The highest BCUT2D eigenvalue weighted by atomic mass is 16.2. The van der Waals surface area contributed by atoms with E-state index in [4.69, 9.17) is 0 Å². The molecule has 1 aliphatic rings. The van der Waals surface area contributed by atoms with Gasteiger partial charge in [0, 0.05) is 30.3 Å². The van der Waals surface area contributed by atoms with Crippen LogP contribution in [0.3, 0.4) is 0 Å². The van der Waals surface area contributed by atoms with Crippen LogP contribution in [-0.4, -0.2) is 45.8 Å². The smallest absolute Gasteiger partial charge is 0.253 e. The minimum absolute atomic E-state index is 0.0556. The van der Waals surface area contributed by atoms with Crippen LogP contribution in [0.25, 0.3) is 11.0 Å². The number of H-pyrrole nitrogens is 1. The van der Waals surface area contributed by atoms with Crippen LogP contribution in [-0.2, 0) is 0 Å². The van der Waals surface area contributed by atoms with Gasteiger partial charge in [0.05, 0.1) is 17.4 Å². The third kappa shape index (κ3) is 3.31. The number of hydrogen-bond donors (Lipinski definition) is 2. The number of likely N-dealkylation sites (tertiary alicyclic amines) is 1. The summed E-state index contributed by atoms with van der Waals surface area (Å²) in [5, 5.41) is 3.08. The molecule has 0 unspecified atom stereocenters. The zero-order chi connectivity index (χ0) is 17.9. The Labute approximate surface area is 151 Å². The zero-order valence-electron chi connectivity index (χ0n) is 14.3. The van der Waals surface area contributed by atoms with Gasteiger partial charge in [-0.2, -0.15) is 0 Å². The van der Waals surface area contributed by atoms with Crippen LogP contribution in [0.1, 0.15) is 33.6 Å². The lowest BCUT2D eigenvalue weighted by Crippen LogP contribution is -2.46. The maximum absolute atomic E-state index is 12.5. The van der Waals surface area contributed by atoms with E-state index < -0.39 is 0 Å². The molecule has 0 saturated carbocycles. The summed E-state index contributed by atoms with van der Waals surface area (Å²) in [6.07, 6.45) is 3.14. The zero-order valence-corrected chi connectivity index (χ0v) is 14.3. The van der Waals surface area contributed by atoms with E-state index in [1.165, 1.54) is 0 Å². The molecule has 4 rings (SSSR count). The number of benzene rings is 2. The first-order chi connectivity index (χ1) is 12.7. The van der Waals surface area contributed by atoms with Crippen LogP contribution >= 0.6 is 0 Å². The van der Waals surface area contributed by atoms with Gasteiger partial charge in [-0.15, -0.1) is 0 Å². The van der Waals surface area contributed by atoms with Crippen molar-refractivity contribution in [3.8, 4) is 0 Å². The lowest BCUT2D eigenvalue weighted by Gasteiger charge is -2.32. The summed E-state index contributed by atoms with van der Waals surface area (Å²) in [6, 6.07) is 14.8. The summed E-state index contributed by atoms with van der Waals surface area (Å²) in [5.74, 6) is -0.0330. The monoisotopic (exact) mass is 348 g/mol. The van der Waals surface area contributed by atoms with Crippen molar-refractivity contribution >= 4 is 22.8 Å². The van der Waals surface area contributed by atoms with Gasteiger partial charge in [0.2, 0.25) is 0 Å². The number of piperidine rings is 1. The molecule has 1 aliphatic heterocycles. The molecule has 2 aromatic carbocycles. The summed E-state index contributed by atoms with van der Waals surface area (Å²) < 4.78 is 0. The Balaban J connectivity index is 1.34. The van der Waals surface area contributed by atoms with Crippen molar-refractivity contribution in [1.82, 2.24) is 20.2 Å². The number of carbonyl (C=O) groups excluding carboxylic acids is 2. The van der Waals surface area contributed by atoms with Crippen molar-refractivity contribution in [2.75, 3.05) is 13.1 Å². The van der Waals surface area contributed by atoms with Crippen molar-refractivity contribution in [2.24, 2.45) is 0 Å². The molecule has 1 fully saturated rings. The number of nitrogens with zero attached hydrogens (tertiary/aromatic N) is 2. The number of imidazole rings is 1. The highest BCUT2D eigenvalue weighted by Crippen LogP contribution is 2.16. The molecule has 0 aliphatic carbocycles. The first-order valence-electron chi connectivity index (χ1n) is 8.79. The molecule has 2 amide bonds. The second-order valence-corrected chi connectivity index (χ2v) is 6.54. The molecule has 0 bridgehead atoms. The van der Waals surface area contributed by atoms with Crippen molar-refractivity contribution < 1.29 is 9.59 Å². The van der Waals surface area contributed by atoms with Crippen LogP contribution in [0, 0.1) is 0 Å². The number of amides is 2. The molecule has 0 radical (unpaired) electrons. The second kappa shape index (κ2) is 7.00. The van der Waals surface area contributed by atoms with Gasteiger partial charge in [0.25, 0.3) is 11.8 Å². The van der Waals surface area contributed by atoms with Gasteiger partial charge in [0.15, 0.2) is 0 Å². The quantitative estimate of drug-likeness (QED) is 0.764. The van der Waals surface area contributed by atoms with Gasteiger partial charge in [0.1, 0.15) is 0 Å². The van der Waals surface area contributed by atoms with Crippen molar-refractivity contribution in [3.05, 3.63) is 66.0 Å². The number of hydrogen-bond acceptors (Lipinski definition) is 3. The Morgan fingerprint density at radius 2 is 1.81 bits per heavy atom. The van der Waals surface area contributed by atoms with Crippen LogP contribution in [0.15, 0.2) is 54.9 Å². The van der Waals surface area contributed by atoms with E-state index in [1.807, 2.05) is 47.4 Å². The maximum Gasteiger partial charge on any atom is 0.253 e. The first-order valence-corrected chi connectivity index (χ1v) is 8.79. The fraction of sp³-hybridized carbons (Fsp3) is 0.250. The van der Waals surface area contributed by atoms with E-state index in [2.05, 4.69) is 15.3 Å². The summed E-state index contributed by atoms with van der Waals surface area (Å²) in [6.45, 7) is 1.30. The van der Waals surface area contributed by atoms with Gasteiger partial charge >= 0.3 is 0 Å². The second-order valence-electron chi connectivity index (χ2n) is 6.54. The third-order valence-electron chi connectivity index (χ3n) is 4.82. The summed E-state index contributed by atoms with van der Waals surface area (Å²) in [4.78, 5) is 34.0. The molecule has 2 heterocycles. The lowest BCUT2D eigenvalue weighted by molar-refractivity contribution is 0.0698. The Bertz CT molecular complexity index is 927. The molecule has 2 N–H and O–H groups in total. The van der Waals surface area contributed by atoms with E-state index in [9.17, 15) is 9.59 Å². The highest BCUT2D eigenvalue weighted by molar-refractivity contribution is 5.97.